The second-order valence-electron chi connectivity index (χ2n) is 3.52. The Morgan fingerprint density at radius 2 is 2.47 bits per heavy atom. The topological polar surface area (TPSA) is 76.2 Å². The third-order valence-electron chi connectivity index (χ3n) is 2.29. The van der Waals surface area contributed by atoms with Crippen molar-refractivity contribution in [1.82, 2.24) is 10.2 Å². The molecule has 1 fully saturated rings. The maximum atomic E-state index is 10.4. The summed E-state index contributed by atoms with van der Waals surface area (Å²) in [6.45, 7) is 0. The van der Waals surface area contributed by atoms with Gasteiger partial charge in [-0.1, -0.05) is 0 Å². The van der Waals surface area contributed by atoms with Gasteiger partial charge in [0.1, 0.15) is 6.42 Å². The molecule has 0 saturated carbocycles. The zero-order valence-corrected chi connectivity index (χ0v) is 9.00. The van der Waals surface area contributed by atoms with Crippen LogP contribution in [-0.4, -0.2) is 32.8 Å². The van der Waals surface area contributed by atoms with Crippen LogP contribution in [0.15, 0.2) is 4.42 Å². The number of carbonyl (C=O) groups is 1. The Balaban J connectivity index is 2.02. The van der Waals surface area contributed by atoms with Crippen LogP contribution < -0.4 is 0 Å². The van der Waals surface area contributed by atoms with E-state index in [4.69, 9.17) is 9.52 Å². The van der Waals surface area contributed by atoms with Gasteiger partial charge in [-0.2, -0.15) is 11.8 Å². The lowest BCUT2D eigenvalue weighted by molar-refractivity contribution is -0.136. The smallest absolute Gasteiger partial charge is 0.312 e. The molecule has 1 saturated heterocycles. The SMILES string of the molecule is O=C(O)Cc1nnc(C2CCCSC2)o1. The molecule has 1 aliphatic heterocycles. The Labute approximate surface area is 91.3 Å². The summed E-state index contributed by atoms with van der Waals surface area (Å²) in [4.78, 5) is 10.4. The molecule has 2 heterocycles. The van der Waals surface area contributed by atoms with Crippen LogP contribution >= 0.6 is 11.8 Å². The predicted octanol–water partition coefficient (Wildman–Crippen LogP) is 1.31. The third-order valence-corrected chi connectivity index (χ3v) is 3.51. The second-order valence-corrected chi connectivity index (χ2v) is 4.67. The minimum atomic E-state index is -0.941. The molecule has 1 atom stereocenters. The lowest BCUT2D eigenvalue weighted by Gasteiger charge is -2.17. The van der Waals surface area contributed by atoms with E-state index in [1.54, 1.807) is 0 Å². The number of hydrogen-bond acceptors (Lipinski definition) is 5. The molecule has 0 aliphatic carbocycles. The molecule has 0 bridgehead atoms. The van der Waals surface area contributed by atoms with Crippen LogP contribution in [0.25, 0.3) is 0 Å². The van der Waals surface area contributed by atoms with E-state index in [-0.39, 0.29) is 12.3 Å². The molecular formula is C9H12N2O3S. The van der Waals surface area contributed by atoms with E-state index >= 15 is 0 Å². The van der Waals surface area contributed by atoms with Crippen molar-refractivity contribution >= 4 is 17.7 Å². The summed E-state index contributed by atoms with van der Waals surface area (Å²) >= 11 is 1.88. The average molecular weight is 228 g/mol. The third kappa shape index (κ3) is 2.71. The van der Waals surface area contributed by atoms with E-state index < -0.39 is 5.97 Å². The van der Waals surface area contributed by atoms with E-state index in [1.165, 1.54) is 5.75 Å². The largest absolute Gasteiger partial charge is 0.481 e. The zero-order chi connectivity index (χ0) is 10.7. The van der Waals surface area contributed by atoms with Gasteiger partial charge in [-0.05, 0) is 18.6 Å². The highest BCUT2D eigenvalue weighted by atomic mass is 32.2. The molecule has 82 valence electrons. The first-order valence-corrected chi connectivity index (χ1v) is 6.03. The lowest BCUT2D eigenvalue weighted by Crippen LogP contribution is -2.08. The van der Waals surface area contributed by atoms with Crippen molar-refractivity contribution < 1.29 is 14.3 Å². The molecule has 1 aliphatic rings. The number of rotatable bonds is 3. The molecule has 2 rings (SSSR count). The standard InChI is InChI=1S/C9H12N2O3S/c12-8(13)4-7-10-11-9(14-7)6-2-1-3-15-5-6/h6H,1-5H2,(H,12,13). The summed E-state index contributed by atoms with van der Waals surface area (Å²) in [5.41, 5.74) is 0. The van der Waals surface area contributed by atoms with Crippen LogP contribution in [0.4, 0.5) is 0 Å². The van der Waals surface area contributed by atoms with Gasteiger partial charge in [0, 0.05) is 11.7 Å². The van der Waals surface area contributed by atoms with E-state index in [1.807, 2.05) is 11.8 Å². The Hall–Kier alpha value is -1.04. The molecule has 1 aromatic heterocycles. The Morgan fingerprint density at radius 1 is 1.60 bits per heavy atom. The first-order valence-electron chi connectivity index (χ1n) is 4.87. The fourth-order valence-corrected chi connectivity index (χ4v) is 2.70. The van der Waals surface area contributed by atoms with Crippen LogP contribution in [-0.2, 0) is 11.2 Å². The Bertz CT molecular complexity index is 347. The molecular weight excluding hydrogens is 216 g/mol. The van der Waals surface area contributed by atoms with Gasteiger partial charge in [-0.15, -0.1) is 10.2 Å². The summed E-state index contributed by atoms with van der Waals surface area (Å²) in [5.74, 6) is 2.34. The normalized spacial score (nSPS) is 21.5. The van der Waals surface area contributed by atoms with Gasteiger partial charge in [-0.25, -0.2) is 0 Å². The number of carboxylic acids is 1. The first-order chi connectivity index (χ1) is 7.25. The van der Waals surface area contributed by atoms with E-state index in [0.717, 1.165) is 18.6 Å². The highest BCUT2D eigenvalue weighted by Crippen LogP contribution is 2.30. The number of nitrogens with zero attached hydrogens (tertiary/aromatic N) is 2. The number of carboxylic acid groups (broad SMARTS) is 1. The van der Waals surface area contributed by atoms with E-state index in [0.29, 0.717) is 11.8 Å². The van der Waals surface area contributed by atoms with Crippen molar-refractivity contribution in [2.75, 3.05) is 11.5 Å². The molecule has 0 radical (unpaired) electrons. The molecule has 5 nitrogen and oxygen atoms in total. The van der Waals surface area contributed by atoms with Gasteiger partial charge >= 0.3 is 5.97 Å². The van der Waals surface area contributed by atoms with E-state index in [9.17, 15) is 4.79 Å². The summed E-state index contributed by atoms with van der Waals surface area (Å²) in [5, 5.41) is 16.2. The van der Waals surface area contributed by atoms with Gasteiger partial charge in [0.25, 0.3) is 0 Å². The lowest BCUT2D eigenvalue weighted by atomic mass is 10.1. The van der Waals surface area contributed by atoms with Gasteiger partial charge in [-0.3, -0.25) is 4.79 Å². The molecule has 1 N–H and O–H groups in total. The van der Waals surface area contributed by atoms with Crippen LogP contribution in [0.3, 0.4) is 0 Å². The molecule has 0 spiro atoms. The van der Waals surface area contributed by atoms with Gasteiger partial charge < -0.3 is 9.52 Å². The summed E-state index contributed by atoms with van der Waals surface area (Å²) in [6, 6.07) is 0. The van der Waals surface area contributed by atoms with Gasteiger partial charge in [0.2, 0.25) is 11.8 Å². The fraction of sp³-hybridized carbons (Fsp3) is 0.667. The molecule has 0 amide bonds. The fourth-order valence-electron chi connectivity index (χ4n) is 1.57. The number of hydrogen-bond donors (Lipinski definition) is 1. The minimum absolute atomic E-state index is 0.188. The van der Waals surface area contributed by atoms with Crippen LogP contribution in [0, 0.1) is 0 Å². The zero-order valence-electron chi connectivity index (χ0n) is 8.18. The van der Waals surface area contributed by atoms with Crippen molar-refractivity contribution in [3.63, 3.8) is 0 Å². The summed E-state index contributed by atoms with van der Waals surface area (Å²) in [7, 11) is 0. The van der Waals surface area contributed by atoms with Gasteiger partial charge in [0.05, 0.1) is 0 Å². The Morgan fingerprint density at radius 3 is 3.13 bits per heavy atom. The van der Waals surface area contributed by atoms with Crippen molar-refractivity contribution in [1.29, 1.82) is 0 Å². The van der Waals surface area contributed by atoms with E-state index in [2.05, 4.69) is 10.2 Å². The minimum Gasteiger partial charge on any atom is -0.481 e. The van der Waals surface area contributed by atoms with Crippen molar-refractivity contribution in [3.05, 3.63) is 11.8 Å². The summed E-state index contributed by atoms with van der Waals surface area (Å²) in [6.07, 6.45) is 2.03. The molecule has 1 aromatic rings. The average Bonchev–Trinajstić information content (AvgIpc) is 2.67. The monoisotopic (exact) mass is 228 g/mol. The van der Waals surface area contributed by atoms with Crippen LogP contribution in [0.2, 0.25) is 0 Å². The molecule has 6 heteroatoms. The van der Waals surface area contributed by atoms with Crippen LogP contribution in [0.1, 0.15) is 30.5 Å². The molecule has 1 unspecified atom stereocenters. The molecule has 0 aromatic carbocycles. The van der Waals surface area contributed by atoms with Crippen molar-refractivity contribution in [2.45, 2.75) is 25.2 Å². The van der Waals surface area contributed by atoms with Crippen molar-refractivity contribution in [2.24, 2.45) is 0 Å². The quantitative estimate of drug-likeness (QED) is 0.840. The van der Waals surface area contributed by atoms with Gasteiger partial charge in [0.15, 0.2) is 0 Å². The predicted molar refractivity (Wildman–Crippen MR) is 54.9 cm³/mol. The van der Waals surface area contributed by atoms with Crippen LogP contribution in [0.5, 0.6) is 0 Å². The molecule has 15 heavy (non-hydrogen) atoms. The maximum absolute atomic E-state index is 10.4. The summed E-state index contributed by atoms with van der Waals surface area (Å²) < 4.78 is 5.32. The highest BCUT2D eigenvalue weighted by Gasteiger charge is 2.22. The second kappa shape index (κ2) is 4.65. The number of aromatic nitrogens is 2. The Kier molecular flexibility index (Phi) is 3.25. The number of aliphatic carboxylic acids is 1. The highest BCUT2D eigenvalue weighted by molar-refractivity contribution is 7.99. The maximum Gasteiger partial charge on any atom is 0.312 e. The number of thioether (sulfide) groups is 1. The van der Waals surface area contributed by atoms with Crippen molar-refractivity contribution in [3.8, 4) is 0 Å². The first kappa shape index (κ1) is 10.5.